The molecular weight excluding hydrogens is 452 g/mol. The minimum absolute atomic E-state index is 0.152. The molecule has 34 heavy (non-hydrogen) atoms. The number of carboxylic acid groups (broad SMARTS) is 1. The third-order valence-electron chi connectivity index (χ3n) is 5.18. The van der Waals surface area contributed by atoms with E-state index >= 15 is 0 Å². The van der Waals surface area contributed by atoms with E-state index in [1.807, 2.05) is 61.5 Å². The quantitative estimate of drug-likeness (QED) is 0.359. The molecule has 0 saturated heterocycles. The van der Waals surface area contributed by atoms with Crippen molar-refractivity contribution in [3.63, 3.8) is 0 Å². The molecule has 0 aliphatic carbocycles. The van der Waals surface area contributed by atoms with Gasteiger partial charge in [-0.25, -0.2) is 13.1 Å². The number of hydrogen-bond acceptors (Lipinski definition) is 5. The molecule has 1 atom stereocenters. The maximum atomic E-state index is 11.6. The zero-order chi connectivity index (χ0) is 25.2. The van der Waals surface area contributed by atoms with Crippen LogP contribution < -0.4 is 9.46 Å². The van der Waals surface area contributed by atoms with Gasteiger partial charge in [0, 0.05) is 19.4 Å². The Bertz CT molecular complexity index is 971. The maximum absolute atomic E-state index is 11.6. The van der Waals surface area contributed by atoms with Gasteiger partial charge in [-0.2, -0.15) is 5.26 Å². The van der Waals surface area contributed by atoms with E-state index < -0.39 is 16.0 Å². The molecule has 0 aromatic heterocycles. The van der Waals surface area contributed by atoms with Gasteiger partial charge >= 0.3 is 5.97 Å². The second-order valence-electron chi connectivity index (χ2n) is 7.93. The van der Waals surface area contributed by atoms with E-state index in [-0.39, 0.29) is 11.7 Å². The summed E-state index contributed by atoms with van der Waals surface area (Å²) in [5.74, 6) is 0.0250. The van der Waals surface area contributed by atoms with Crippen molar-refractivity contribution < 1.29 is 23.1 Å². The number of ether oxygens (including phenoxy) is 1. The highest BCUT2D eigenvalue weighted by Crippen LogP contribution is 2.14. The Morgan fingerprint density at radius 3 is 2.32 bits per heavy atom. The van der Waals surface area contributed by atoms with Crippen LogP contribution >= 0.6 is 0 Å². The van der Waals surface area contributed by atoms with E-state index in [9.17, 15) is 13.2 Å². The third kappa shape index (κ3) is 13.0. The maximum Gasteiger partial charge on any atom is 0.303 e. The summed E-state index contributed by atoms with van der Waals surface area (Å²) < 4.78 is 31.4. The van der Waals surface area contributed by atoms with Crippen molar-refractivity contribution in [1.82, 2.24) is 4.72 Å². The molecule has 2 aromatic rings. The minimum Gasteiger partial charge on any atom is -0.494 e. The molecule has 0 heterocycles. The Balaban J connectivity index is 0.000000350. The lowest BCUT2D eigenvalue weighted by atomic mass is 10.1. The zero-order valence-corrected chi connectivity index (χ0v) is 20.9. The van der Waals surface area contributed by atoms with Gasteiger partial charge in [0.05, 0.1) is 17.9 Å². The van der Waals surface area contributed by atoms with Crippen LogP contribution in [0.15, 0.2) is 54.6 Å². The number of aliphatic carboxylic acids is 1. The van der Waals surface area contributed by atoms with Crippen molar-refractivity contribution in [2.24, 2.45) is 0 Å². The van der Waals surface area contributed by atoms with Gasteiger partial charge in [-0.05, 0) is 62.3 Å². The highest BCUT2D eigenvalue weighted by atomic mass is 32.2. The Kier molecular flexibility index (Phi) is 14.3. The number of rotatable bonds is 14. The summed E-state index contributed by atoms with van der Waals surface area (Å²) in [6.07, 6.45) is 4.81. The van der Waals surface area contributed by atoms with Crippen molar-refractivity contribution in [2.45, 2.75) is 70.6 Å². The van der Waals surface area contributed by atoms with Crippen molar-refractivity contribution >= 4 is 16.0 Å². The van der Waals surface area contributed by atoms with Crippen LogP contribution in [0, 0.1) is 11.3 Å². The Hall–Kier alpha value is -2.89. The molecule has 0 bridgehead atoms. The molecule has 0 unspecified atom stereocenters. The average Bonchev–Trinajstić information content (AvgIpc) is 2.85. The summed E-state index contributed by atoms with van der Waals surface area (Å²) in [4.78, 5) is 10.4. The molecule has 8 heteroatoms. The topological polar surface area (TPSA) is 116 Å². The van der Waals surface area contributed by atoms with Crippen LogP contribution in [-0.2, 0) is 27.8 Å². The normalized spacial score (nSPS) is 11.6. The first-order valence-electron chi connectivity index (χ1n) is 11.6. The number of nitriles is 1. The van der Waals surface area contributed by atoms with E-state index in [4.69, 9.17) is 15.1 Å². The van der Waals surface area contributed by atoms with Crippen molar-refractivity contribution in [1.29, 1.82) is 5.26 Å². The van der Waals surface area contributed by atoms with Crippen LogP contribution in [0.5, 0.6) is 5.75 Å². The summed E-state index contributed by atoms with van der Waals surface area (Å²) in [5.41, 5.74) is 1.98. The second kappa shape index (κ2) is 16.7. The molecule has 0 radical (unpaired) electrons. The van der Waals surface area contributed by atoms with Crippen molar-refractivity contribution in [2.75, 3.05) is 6.61 Å². The van der Waals surface area contributed by atoms with Crippen LogP contribution in [0.25, 0.3) is 0 Å². The van der Waals surface area contributed by atoms with Crippen LogP contribution in [0.2, 0.25) is 0 Å². The van der Waals surface area contributed by atoms with Gasteiger partial charge in [-0.15, -0.1) is 0 Å². The summed E-state index contributed by atoms with van der Waals surface area (Å²) in [7, 11) is -3.16. The molecule has 2 rings (SSSR count). The van der Waals surface area contributed by atoms with Crippen molar-refractivity contribution in [3.8, 4) is 11.8 Å². The smallest absolute Gasteiger partial charge is 0.303 e. The Morgan fingerprint density at radius 1 is 1.06 bits per heavy atom. The number of nitrogens with one attached hydrogen (secondary N) is 1. The van der Waals surface area contributed by atoms with E-state index in [2.05, 4.69) is 10.8 Å². The first kappa shape index (κ1) is 29.1. The highest BCUT2D eigenvalue weighted by Gasteiger charge is 2.17. The number of nitrogens with zero attached hydrogens (tertiary/aromatic N) is 1. The fourth-order valence-corrected chi connectivity index (χ4v) is 3.91. The largest absolute Gasteiger partial charge is 0.494 e. The van der Waals surface area contributed by atoms with E-state index in [0.717, 1.165) is 36.1 Å². The van der Waals surface area contributed by atoms with Crippen LogP contribution in [-0.4, -0.2) is 31.4 Å². The Labute approximate surface area is 203 Å². The highest BCUT2D eigenvalue weighted by molar-refractivity contribution is 7.90. The molecule has 0 aliphatic rings. The van der Waals surface area contributed by atoms with Crippen molar-refractivity contribution in [3.05, 3.63) is 65.7 Å². The fourth-order valence-electron chi connectivity index (χ4n) is 2.82. The number of sulfonamides is 1. The molecule has 2 N–H and O–H groups in total. The molecule has 186 valence electrons. The molecule has 7 nitrogen and oxygen atoms in total. The summed E-state index contributed by atoms with van der Waals surface area (Å²) in [6, 6.07) is 19.2. The molecule has 0 amide bonds. The SMILES string of the molecule is CC[C@H](C)S(=O)(=O)NCc1ccccc1.N#CCCCCCOc1ccc(CCC(=O)O)cc1. The molecule has 0 saturated carbocycles. The lowest BCUT2D eigenvalue weighted by Crippen LogP contribution is -2.31. The predicted octanol–water partition coefficient (Wildman–Crippen LogP) is 5.07. The predicted molar refractivity (Wildman–Crippen MR) is 134 cm³/mol. The lowest BCUT2D eigenvalue weighted by molar-refractivity contribution is -0.136. The number of hydrogen-bond donors (Lipinski definition) is 2. The number of benzene rings is 2. The van der Waals surface area contributed by atoms with E-state index in [0.29, 0.717) is 32.4 Å². The summed E-state index contributed by atoms with van der Waals surface area (Å²) in [6.45, 7) is 4.60. The van der Waals surface area contributed by atoms with Gasteiger partial charge in [0.15, 0.2) is 0 Å². The molecule has 2 aromatic carbocycles. The first-order valence-corrected chi connectivity index (χ1v) is 13.2. The van der Waals surface area contributed by atoms with Crippen LogP contribution in [0.1, 0.15) is 63.5 Å². The minimum atomic E-state index is -3.16. The summed E-state index contributed by atoms with van der Waals surface area (Å²) in [5, 5.41) is 16.6. The standard InChI is InChI=1S/C15H19NO3.C11H17NO2S/c16-11-3-1-2-4-12-19-14-8-5-13(6-9-14)7-10-15(17)18;1-3-10(2)15(13,14)12-9-11-7-5-4-6-8-11/h5-6,8-9H,1-4,7,10,12H2,(H,17,18);4-8,10,12H,3,9H2,1-2H3/t;10-/m.0/s1. The number of carbonyl (C=O) groups is 1. The van der Waals surface area contributed by atoms with E-state index in [1.54, 1.807) is 6.92 Å². The molecule has 0 fully saturated rings. The van der Waals surface area contributed by atoms with Crippen LogP contribution in [0.3, 0.4) is 0 Å². The van der Waals surface area contributed by atoms with Gasteiger partial charge in [-0.3, -0.25) is 4.79 Å². The molecule has 0 aliphatic heterocycles. The Morgan fingerprint density at radius 2 is 1.74 bits per heavy atom. The van der Waals surface area contributed by atoms with Gasteiger partial charge in [0.25, 0.3) is 0 Å². The monoisotopic (exact) mass is 488 g/mol. The second-order valence-corrected chi connectivity index (χ2v) is 10.1. The first-order chi connectivity index (χ1) is 16.3. The molecule has 0 spiro atoms. The number of aryl methyl sites for hydroxylation is 1. The molecular formula is C26H36N2O5S. The third-order valence-corrected chi connectivity index (χ3v) is 7.12. The van der Waals surface area contributed by atoms with Gasteiger partial charge < -0.3 is 9.84 Å². The zero-order valence-electron chi connectivity index (χ0n) is 20.1. The average molecular weight is 489 g/mol. The number of unbranched alkanes of at least 4 members (excludes halogenated alkanes) is 3. The van der Waals surface area contributed by atoms with Gasteiger partial charge in [0.2, 0.25) is 10.0 Å². The van der Waals surface area contributed by atoms with E-state index in [1.165, 1.54) is 0 Å². The van der Waals surface area contributed by atoms with Gasteiger partial charge in [0.1, 0.15) is 5.75 Å². The number of carboxylic acids is 1. The summed E-state index contributed by atoms with van der Waals surface area (Å²) >= 11 is 0. The van der Waals surface area contributed by atoms with Gasteiger partial charge in [-0.1, -0.05) is 49.4 Å². The fraction of sp³-hybridized carbons (Fsp3) is 0.462. The lowest BCUT2D eigenvalue weighted by Gasteiger charge is -2.11. The van der Waals surface area contributed by atoms with Crippen LogP contribution in [0.4, 0.5) is 0 Å².